The molecule has 1 aliphatic rings. The number of aryl methyl sites for hydroxylation is 1. The maximum Gasteiger partial charge on any atom is 0.124 e. The third-order valence-electron chi connectivity index (χ3n) is 3.98. The number of aromatic amines is 1. The standard InChI is InChI=1S/C15H20N4O2/c1-12-4-2-3-5-13(12)21-9-8-19-7-6-15(20,11-19)14-10-16-18-17-14/h2-5,10,20H,6-9,11H2,1H3,(H,16,17,18)/t15-/m1/s1. The van der Waals surface area contributed by atoms with Crippen LogP contribution in [0.15, 0.2) is 30.5 Å². The minimum atomic E-state index is -0.893. The van der Waals surface area contributed by atoms with Crippen LogP contribution in [0.3, 0.4) is 0 Å². The predicted octanol–water partition coefficient (Wildman–Crippen LogP) is 1.09. The number of benzene rings is 1. The van der Waals surface area contributed by atoms with E-state index in [0.717, 1.165) is 24.4 Å². The minimum Gasteiger partial charge on any atom is -0.492 e. The molecule has 1 saturated heterocycles. The average Bonchev–Trinajstić information content (AvgIpc) is 3.12. The fourth-order valence-electron chi connectivity index (χ4n) is 2.70. The van der Waals surface area contributed by atoms with Crippen LogP contribution in [0.4, 0.5) is 0 Å². The lowest BCUT2D eigenvalue weighted by atomic mass is 10.0. The Hall–Kier alpha value is -1.92. The lowest BCUT2D eigenvalue weighted by Gasteiger charge is -2.21. The third kappa shape index (κ3) is 3.06. The molecule has 0 aliphatic carbocycles. The van der Waals surface area contributed by atoms with E-state index in [-0.39, 0.29) is 0 Å². The van der Waals surface area contributed by atoms with Gasteiger partial charge in [-0.05, 0) is 25.0 Å². The second kappa shape index (κ2) is 5.83. The van der Waals surface area contributed by atoms with Crippen molar-refractivity contribution < 1.29 is 9.84 Å². The normalized spacial score (nSPS) is 22.6. The molecule has 6 nitrogen and oxygen atoms in total. The zero-order chi connectivity index (χ0) is 14.7. The van der Waals surface area contributed by atoms with E-state index in [2.05, 4.69) is 20.3 Å². The first-order valence-corrected chi connectivity index (χ1v) is 7.17. The van der Waals surface area contributed by atoms with Crippen LogP contribution in [-0.4, -0.2) is 51.7 Å². The van der Waals surface area contributed by atoms with Gasteiger partial charge in [0.15, 0.2) is 0 Å². The van der Waals surface area contributed by atoms with Crippen LogP contribution < -0.4 is 4.74 Å². The lowest BCUT2D eigenvalue weighted by molar-refractivity contribution is 0.0403. The quantitative estimate of drug-likeness (QED) is 0.861. The van der Waals surface area contributed by atoms with E-state index >= 15 is 0 Å². The van der Waals surface area contributed by atoms with Gasteiger partial charge in [0.2, 0.25) is 0 Å². The highest BCUT2D eigenvalue weighted by atomic mass is 16.5. The molecule has 3 rings (SSSR count). The molecular formula is C15H20N4O2. The second-order valence-corrected chi connectivity index (χ2v) is 5.53. The lowest BCUT2D eigenvalue weighted by Crippen LogP contribution is -2.33. The number of nitrogens with zero attached hydrogens (tertiary/aromatic N) is 3. The summed E-state index contributed by atoms with van der Waals surface area (Å²) < 4.78 is 5.80. The highest BCUT2D eigenvalue weighted by Crippen LogP contribution is 2.29. The fraction of sp³-hybridized carbons (Fsp3) is 0.467. The van der Waals surface area contributed by atoms with Gasteiger partial charge in [0.25, 0.3) is 0 Å². The molecule has 0 unspecified atom stereocenters. The summed E-state index contributed by atoms with van der Waals surface area (Å²) in [4.78, 5) is 2.19. The smallest absolute Gasteiger partial charge is 0.124 e. The van der Waals surface area contributed by atoms with Crippen LogP contribution in [-0.2, 0) is 5.60 Å². The van der Waals surface area contributed by atoms with Gasteiger partial charge in [-0.25, -0.2) is 0 Å². The molecule has 21 heavy (non-hydrogen) atoms. The van der Waals surface area contributed by atoms with Crippen molar-refractivity contribution in [1.82, 2.24) is 20.3 Å². The monoisotopic (exact) mass is 288 g/mol. The van der Waals surface area contributed by atoms with Crippen LogP contribution in [0.5, 0.6) is 5.75 Å². The maximum absolute atomic E-state index is 10.6. The molecular weight excluding hydrogens is 268 g/mol. The Balaban J connectivity index is 1.51. The minimum absolute atomic E-state index is 0.566. The number of β-amino-alcohol motifs (C(OH)–C–C–N with tert-alkyl or cyclic N) is 1. The Bertz CT molecular complexity index is 587. The third-order valence-corrected chi connectivity index (χ3v) is 3.98. The molecule has 2 heterocycles. The summed E-state index contributed by atoms with van der Waals surface area (Å²) in [5, 5.41) is 20.9. The molecule has 2 aromatic rings. The van der Waals surface area contributed by atoms with Crippen molar-refractivity contribution in [1.29, 1.82) is 0 Å². The molecule has 0 saturated carbocycles. The molecule has 1 fully saturated rings. The molecule has 1 atom stereocenters. The number of ether oxygens (including phenoxy) is 1. The SMILES string of the molecule is Cc1ccccc1OCCN1CC[C@](O)(c2cn[nH]n2)C1. The Kier molecular flexibility index (Phi) is 3.90. The summed E-state index contributed by atoms with van der Waals surface area (Å²) in [7, 11) is 0. The molecule has 0 radical (unpaired) electrons. The first-order chi connectivity index (χ1) is 10.2. The van der Waals surface area contributed by atoms with Crippen LogP contribution in [0.25, 0.3) is 0 Å². The summed E-state index contributed by atoms with van der Waals surface area (Å²) in [5.74, 6) is 0.920. The van der Waals surface area contributed by atoms with Gasteiger partial charge >= 0.3 is 0 Å². The fourth-order valence-corrected chi connectivity index (χ4v) is 2.70. The van der Waals surface area contributed by atoms with Crippen molar-refractivity contribution in [2.24, 2.45) is 0 Å². The summed E-state index contributed by atoms with van der Waals surface area (Å²) >= 11 is 0. The largest absolute Gasteiger partial charge is 0.492 e. The van der Waals surface area contributed by atoms with Crippen LogP contribution >= 0.6 is 0 Å². The van der Waals surface area contributed by atoms with Crippen LogP contribution in [0, 0.1) is 6.92 Å². The summed E-state index contributed by atoms with van der Waals surface area (Å²) in [6.07, 6.45) is 2.26. The summed E-state index contributed by atoms with van der Waals surface area (Å²) in [5.41, 5.74) is 0.859. The van der Waals surface area contributed by atoms with Crippen molar-refractivity contribution in [2.45, 2.75) is 18.9 Å². The molecule has 112 valence electrons. The van der Waals surface area contributed by atoms with Crippen LogP contribution in [0.1, 0.15) is 17.7 Å². The zero-order valence-corrected chi connectivity index (χ0v) is 12.1. The zero-order valence-electron chi connectivity index (χ0n) is 12.1. The maximum atomic E-state index is 10.6. The van der Waals surface area contributed by atoms with Gasteiger partial charge in [-0.1, -0.05) is 18.2 Å². The van der Waals surface area contributed by atoms with Crippen molar-refractivity contribution >= 4 is 0 Å². The Morgan fingerprint density at radius 1 is 1.43 bits per heavy atom. The highest BCUT2D eigenvalue weighted by molar-refractivity contribution is 5.31. The molecule has 1 aromatic heterocycles. The van der Waals surface area contributed by atoms with Crippen molar-refractivity contribution in [3.05, 3.63) is 41.7 Å². The number of hydrogen-bond donors (Lipinski definition) is 2. The van der Waals surface area contributed by atoms with E-state index in [1.165, 1.54) is 0 Å². The summed E-state index contributed by atoms with van der Waals surface area (Å²) in [6, 6.07) is 7.99. The van der Waals surface area contributed by atoms with Crippen molar-refractivity contribution in [3.8, 4) is 5.75 Å². The average molecular weight is 288 g/mol. The van der Waals surface area contributed by atoms with Gasteiger partial charge in [-0.2, -0.15) is 15.4 Å². The molecule has 6 heteroatoms. The molecule has 0 amide bonds. The van der Waals surface area contributed by atoms with E-state index in [1.54, 1.807) is 6.20 Å². The number of hydrogen-bond acceptors (Lipinski definition) is 5. The molecule has 2 N–H and O–H groups in total. The van der Waals surface area contributed by atoms with Gasteiger partial charge in [0.1, 0.15) is 23.7 Å². The highest BCUT2D eigenvalue weighted by Gasteiger charge is 2.39. The number of rotatable bonds is 5. The number of H-pyrrole nitrogens is 1. The number of para-hydroxylation sites is 1. The van der Waals surface area contributed by atoms with E-state index in [9.17, 15) is 5.11 Å². The number of likely N-dealkylation sites (tertiary alicyclic amines) is 1. The first-order valence-electron chi connectivity index (χ1n) is 7.17. The second-order valence-electron chi connectivity index (χ2n) is 5.53. The van der Waals surface area contributed by atoms with Crippen LogP contribution in [0.2, 0.25) is 0 Å². The van der Waals surface area contributed by atoms with Crippen molar-refractivity contribution in [3.63, 3.8) is 0 Å². The van der Waals surface area contributed by atoms with Gasteiger partial charge in [-0.3, -0.25) is 4.90 Å². The Labute approximate surface area is 123 Å². The summed E-state index contributed by atoms with van der Waals surface area (Å²) in [6.45, 7) is 4.83. The van der Waals surface area contributed by atoms with Gasteiger partial charge in [-0.15, -0.1) is 0 Å². The van der Waals surface area contributed by atoms with Gasteiger partial charge in [0, 0.05) is 19.6 Å². The molecule has 1 aliphatic heterocycles. The number of nitrogens with one attached hydrogen (secondary N) is 1. The number of aliphatic hydroxyl groups is 1. The van der Waals surface area contributed by atoms with Gasteiger partial charge in [0.05, 0.1) is 6.20 Å². The predicted molar refractivity (Wildman–Crippen MR) is 78.0 cm³/mol. The first kappa shape index (κ1) is 14.0. The van der Waals surface area contributed by atoms with Gasteiger partial charge < -0.3 is 9.84 Å². The molecule has 0 spiro atoms. The van der Waals surface area contributed by atoms with E-state index in [4.69, 9.17) is 4.74 Å². The Morgan fingerprint density at radius 3 is 3.05 bits per heavy atom. The Morgan fingerprint density at radius 2 is 2.29 bits per heavy atom. The topological polar surface area (TPSA) is 74.3 Å². The van der Waals surface area contributed by atoms with E-state index in [0.29, 0.717) is 25.3 Å². The van der Waals surface area contributed by atoms with Crippen molar-refractivity contribution in [2.75, 3.05) is 26.2 Å². The number of aromatic nitrogens is 3. The van der Waals surface area contributed by atoms with E-state index in [1.807, 2.05) is 31.2 Å². The molecule has 1 aromatic carbocycles. The van der Waals surface area contributed by atoms with E-state index < -0.39 is 5.60 Å². The molecule has 0 bridgehead atoms.